The zero-order chi connectivity index (χ0) is 7.72. The van der Waals surface area contributed by atoms with Crippen molar-refractivity contribution >= 4 is 0 Å². The Balaban J connectivity index is 2.54. The van der Waals surface area contributed by atoms with Gasteiger partial charge >= 0.3 is 0 Å². The first-order valence-electron chi connectivity index (χ1n) is 3.98. The lowest BCUT2D eigenvalue weighted by molar-refractivity contribution is 0.250. The predicted molar refractivity (Wildman–Crippen MR) is 45.0 cm³/mol. The summed E-state index contributed by atoms with van der Waals surface area (Å²) in [6.45, 7) is 9.65. The Morgan fingerprint density at radius 1 is 1.60 bits per heavy atom. The third kappa shape index (κ3) is 1.40. The van der Waals surface area contributed by atoms with E-state index < -0.39 is 0 Å². The molecule has 0 aliphatic carbocycles. The fourth-order valence-corrected chi connectivity index (χ4v) is 1.73. The van der Waals surface area contributed by atoms with Gasteiger partial charge in [-0.2, -0.15) is 0 Å². The Bertz CT molecular complexity index is 138. The molecule has 10 heavy (non-hydrogen) atoms. The molecular weight excluding hydrogens is 122 g/mol. The molecule has 1 atom stereocenters. The molecule has 0 N–H and O–H groups in total. The van der Waals surface area contributed by atoms with E-state index in [-0.39, 0.29) is 0 Å². The molecule has 0 saturated carbocycles. The highest BCUT2D eigenvalue weighted by molar-refractivity contribution is 5.07. The molecule has 1 fully saturated rings. The Labute approximate surface area is 63.7 Å². The molecule has 1 saturated heterocycles. The molecule has 1 nitrogen and oxygen atoms in total. The minimum Gasteiger partial charge on any atom is -0.299 e. The third-order valence-electron chi connectivity index (χ3n) is 2.31. The van der Waals surface area contributed by atoms with Crippen molar-refractivity contribution in [1.29, 1.82) is 0 Å². The van der Waals surface area contributed by atoms with Crippen molar-refractivity contribution in [3.05, 3.63) is 12.2 Å². The molecule has 1 unspecified atom stereocenters. The number of likely N-dealkylation sites (N-methyl/N-ethyl adjacent to an activating group) is 1. The van der Waals surface area contributed by atoms with Crippen LogP contribution in [0.2, 0.25) is 0 Å². The monoisotopic (exact) mass is 139 g/mol. The van der Waals surface area contributed by atoms with Gasteiger partial charge < -0.3 is 0 Å². The van der Waals surface area contributed by atoms with Crippen LogP contribution in [0.1, 0.15) is 20.3 Å². The first-order valence-corrected chi connectivity index (χ1v) is 3.98. The lowest BCUT2D eigenvalue weighted by atomic mass is 10.0. The second-order valence-corrected chi connectivity index (χ2v) is 3.68. The molecule has 0 aromatic rings. The fourth-order valence-electron chi connectivity index (χ4n) is 1.73. The van der Waals surface area contributed by atoms with Crippen LogP contribution < -0.4 is 0 Å². The molecule has 1 aliphatic heterocycles. The van der Waals surface area contributed by atoms with E-state index in [2.05, 4.69) is 32.4 Å². The molecular formula is C9H17N. The fraction of sp³-hybridized carbons (Fsp3) is 0.778. The largest absolute Gasteiger partial charge is 0.299 e. The zero-order valence-electron chi connectivity index (χ0n) is 7.22. The van der Waals surface area contributed by atoms with Gasteiger partial charge in [0.25, 0.3) is 0 Å². The zero-order valence-corrected chi connectivity index (χ0v) is 7.22. The Morgan fingerprint density at radius 3 is 2.40 bits per heavy atom. The number of nitrogens with zero attached hydrogens (tertiary/aromatic N) is 1. The van der Waals surface area contributed by atoms with Gasteiger partial charge in [0.15, 0.2) is 0 Å². The summed E-state index contributed by atoms with van der Waals surface area (Å²) in [6, 6.07) is 0.743. The van der Waals surface area contributed by atoms with E-state index in [4.69, 9.17) is 0 Å². The number of likely N-dealkylation sites (tertiary alicyclic amines) is 1. The molecule has 0 aromatic carbocycles. The summed E-state index contributed by atoms with van der Waals surface area (Å²) in [7, 11) is 2.18. The first-order chi connectivity index (χ1) is 4.61. The van der Waals surface area contributed by atoms with Crippen LogP contribution in [0.4, 0.5) is 0 Å². The van der Waals surface area contributed by atoms with Gasteiger partial charge in [-0.15, -0.1) is 0 Å². The van der Waals surface area contributed by atoms with Crippen LogP contribution in [0.15, 0.2) is 12.2 Å². The summed E-state index contributed by atoms with van der Waals surface area (Å²) < 4.78 is 0. The van der Waals surface area contributed by atoms with Crippen molar-refractivity contribution < 1.29 is 0 Å². The normalized spacial score (nSPS) is 28.4. The maximum absolute atomic E-state index is 4.00. The summed E-state index contributed by atoms with van der Waals surface area (Å²) in [4.78, 5) is 2.40. The van der Waals surface area contributed by atoms with Gasteiger partial charge in [-0.05, 0) is 19.4 Å². The van der Waals surface area contributed by atoms with Crippen molar-refractivity contribution in [2.75, 3.05) is 13.6 Å². The minimum atomic E-state index is 0.743. The van der Waals surface area contributed by atoms with Gasteiger partial charge in [-0.3, -0.25) is 4.90 Å². The van der Waals surface area contributed by atoms with Crippen LogP contribution in [0.25, 0.3) is 0 Å². The van der Waals surface area contributed by atoms with E-state index in [1.807, 2.05) is 0 Å². The van der Waals surface area contributed by atoms with Gasteiger partial charge in [0.05, 0.1) is 0 Å². The van der Waals surface area contributed by atoms with Crippen molar-refractivity contribution in [3.63, 3.8) is 0 Å². The molecule has 0 bridgehead atoms. The highest BCUT2D eigenvalue weighted by atomic mass is 15.1. The van der Waals surface area contributed by atoms with E-state index in [1.54, 1.807) is 0 Å². The topological polar surface area (TPSA) is 3.24 Å². The second-order valence-electron chi connectivity index (χ2n) is 3.68. The van der Waals surface area contributed by atoms with Crippen LogP contribution in [-0.2, 0) is 0 Å². The molecule has 1 heterocycles. The van der Waals surface area contributed by atoms with E-state index in [0.717, 1.165) is 18.5 Å². The maximum Gasteiger partial charge on any atom is 0.0190 e. The Morgan fingerprint density at radius 2 is 2.20 bits per heavy atom. The first kappa shape index (κ1) is 7.80. The molecule has 58 valence electrons. The lowest BCUT2D eigenvalue weighted by Gasteiger charge is -2.22. The standard InChI is InChI=1S/C9H17N/c1-7(2)9-5-8(3)6-10(9)4/h7,9H,3,5-6H2,1-2,4H3. The van der Waals surface area contributed by atoms with Crippen LogP contribution in [0.5, 0.6) is 0 Å². The highest BCUT2D eigenvalue weighted by Crippen LogP contribution is 2.24. The minimum absolute atomic E-state index is 0.743. The summed E-state index contributed by atoms with van der Waals surface area (Å²) in [5, 5.41) is 0. The molecule has 1 rings (SSSR count). The van der Waals surface area contributed by atoms with Gasteiger partial charge in [0.2, 0.25) is 0 Å². The van der Waals surface area contributed by atoms with Crippen LogP contribution in [0, 0.1) is 5.92 Å². The van der Waals surface area contributed by atoms with Crippen molar-refractivity contribution in [2.45, 2.75) is 26.3 Å². The summed E-state index contributed by atoms with van der Waals surface area (Å²) >= 11 is 0. The van der Waals surface area contributed by atoms with Gasteiger partial charge in [-0.25, -0.2) is 0 Å². The van der Waals surface area contributed by atoms with Crippen LogP contribution in [-0.4, -0.2) is 24.5 Å². The van der Waals surface area contributed by atoms with Crippen LogP contribution >= 0.6 is 0 Å². The van der Waals surface area contributed by atoms with Crippen molar-refractivity contribution in [3.8, 4) is 0 Å². The maximum atomic E-state index is 4.00. The molecule has 1 aliphatic rings. The van der Waals surface area contributed by atoms with E-state index >= 15 is 0 Å². The van der Waals surface area contributed by atoms with E-state index in [1.165, 1.54) is 12.0 Å². The Hall–Kier alpha value is -0.300. The second kappa shape index (κ2) is 2.75. The molecule has 0 amide bonds. The number of hydrogen-bond donors (Lipinski definition) is 0. The quantitative estimate of drug-likeness (QED) is 0.501. The van der Waals surface area contributed by atoms with Gasteiger partial charge in [0, 0.05) is 12.6 Å². The molecule has 1 heteroatoms. The predicted octanol–water partition coefficient (Wildman–Crippen LogP) is 1.90. The Kier molecular flexibility index (Phi) is 2.14. The number of rotatable bonds is 1. The SMILES string of the molecule is C=C1CC(C(C)C)N(C)C1. The van der Waals surface area contributed by atoms with Gasteiger partial charge in [-0.1, -0.05) is 26.0 Å². The summed E-state index contributed by atoms with van der Waals surface area (Å²) in [5.41, 5.74) is 1.39. The highest BCUT2D eigenvalue weighted by Gasteiger charge is 2.25. The van der Waals surface area contributed by atoms with E-state index in [9.17, 15) is 0 Å². The lowest BCUT2D eigenvalue weighted by Crippen LogP contribution is -2.29. The third-order valence-corrected chi connectivity index (χ3v) is 2.31. The molecule has 0 radical (unpaired) electrons. The summed E-state index contributed by atoms with van der Waals surface area (Å²) in [6.07, 6.45) is 1.20. The average molecular weight is 139 g/mol. The smallest absolute Gasteiger partial charge is 0.0190 e. The molecule has 0 spiro atoms. The van der Waals surface area contributed by atoms with Crippen molar-refractivity contribution in [2.24, 2.45) is 5.92 Å². The van der Waals surface area contributed by atoms with Gasteiger partial charge in [0.1, 0.15) is 0 Å². The average Bonchev–Trinajstić information content (AvgIpc) is 2.10. The van der Waals surface area contributed by atoms with E-state index in [0.29, 0.717) is 0 Å². The summed E-state index contributed by atoms with van der Waals surface area (Å²) in [5.74, 6) is 0.768. The molecule has 0 aromatic heterocycles. The number of hydrogen-bond acceptors (Lipinski definition) is 1. The van der Waals surface area contributed by atoms with Crippen molar-refractivity contribution in [1.82, 2.24) is 4.90 Å². The van der Waals surface area contributed by atoms with Crippen LogP contribution in [0.3, 0.4) is 0 Å².